The second kappa shape index (κ2) is 9.45. The smallest absolute Gasteiger partial charge is 0.308 e. The number of nitrogens with zero attached hydrogens (tertiary/aromatic N) is 1. The van der Waals surface area contributed by atoms with Crippen LogP contribution in [0.5, 0.6) is 11.5 Å². The van der Waals surface area contributed by atoms with E-state index in [1.54, 1.807) is 4.90 Å². The Bertz CT molecular complexity index is 829. The monoisotopic (exact) mass is 397 g/mol. The SMILES string of the molecule is CC(C)c1ccc(OCCOc2ccc(CN3CC(C(=O)O)CC3=O)cc2)cc1. The van der Waals surface area contributed by atoms with E-state index in [9.17, 15) is 9.59 Å². The van der Waals surface area contributed by atoms with Crippen LogP contribution in [0.15, 0.2) is 48.5 Å². The van der Waals surface area contributed by atoms with Crippen LogP contribution in [-0.2, 0) is 16.1 Å². The number of carbonyl (C=O) groups is 2. The van der Waals surface area contributed by atoms with Gasteiger partial charge in [-0.05, 0) is 41.3 Å². The van der Waals surface area contributed by atoms with Crippen LogP contribution in [-0.4, -0.2) is 41.6 Å². The quantitative estimate of drug-likeness (QED) is 0.653. The average molecular weight is 397 g/mol. The first-order valence-corrected chi connectivity index (χ1v) is 9.87. The number of rotatable bonds is 9. The molecule has 1 heterocycles. The van der Waals surface area contributed by atoms with E-state index in [1.807, 2.05) is 36.4 Å². The fourth-order valence-corrected chi connectivity index (χ4v) is 3.27. The van der Waals surface area contributed by atoms with Crippen molar-refractivity contribution >= 4 is 11.9 Å². The minimum atomic E-state index is -0.914. The van der Waals surface area contributed by atoms with Gasteiger partial charge in [-0.25, -0.2) is 0 Å². The Morgan fingerprint density at radius 2 is 1.59 bits per heavy atom. The van der Waals surface area contributed by atoms with E-state index >= 15 is 0 Å². The van der Waals surface area contributed by atoms with E-state index in [4.69, 9.17) is 14.6 Å². The lowest BCUT2D eigenvalue weighted by Gasteiger charge is -2.16. The molecule has 0 bridgehead atoms. The van der Waals surface area contributed by atoms with Crippen LogP contribution in [0.25, 0.3) is 0 Å². The standard InChI is InChI=1S/C23H27NO5/c1-16(2)18-5-9-21(10-6-18)29-12-11-28-20-7-3-17(4-8-20)14-24-15-19(23(26)27)13-22(24)25/h3-10,16,19H,11-15H2,1-2H3,(H,26,27). The number of likely N-dealkylation sites (tertiary alicyclic amines) is 1. The largest absolute Gasteiger partial charge is 0.490 e. The van der Waals surface area contributed by atoms with E-state index in [0.717, 1.165) is 17.1 Å². The highest BCUT2D eigenvalue weighted by atomic mass is 16.5. The number of benzene rings is 2. The highest BCUT2D eigenvalue weighted by molar-refractivity contribution is 5.86. The Balaban J connectivity index is 1.41. The molecule has 0 aromatic heterocycles. The second-order valence-corrected chi connectivity index (χ2v) is 7.58. The van der Waals surface area contributed by atoms with Gasteiger partial charge in [-0.2, -0.15) is 0 Å². The van der Waals surface area contributed by atoms with Gasteiger partial charge >= 0.3 is 5.97 Å². The second-order valence-electron chi connectivity index (χ2n) is 7.58. The van der Waals surface area contributed by atoms with E-state index < -0.39 is 11.9 Å². The molecule has 6 heteroatoms. The number of carbonyl (C=O) groups excluding carboxylic acids is 1. The Morgan fingerprint density at radius 3 is 2.07 bits per heavy atom. The first-order valence-electron chi connectivity index (χ1n) is 9.87. The Hall–Kier alpha value is -3.02. The molecule has 1 aliphatic heterocycles. The molecule has 1 saturated heterocycles. The molecule has 6 nitrogen and oxygen atoms in total. The molecular formula is C23H27NO5. The lowest BCUT2D eigenvalue weighted by molar-refractivity contribution is -0.141. The fourth-order valence-electron chi connectivity index (χ4n) is 3.27. The number of hydrogen-bond acceptors (Lipinski definition) is 4. The van der Waals surface area contributed by atoms with E-state index in [0.29, 0.717) is 25.7 Å². The molecule has 0 aliphatic carbocycles. The summed E-state index contributed by atoms with van der Waals surface area (Å²) < 4.78 is 11.4. The fraction of sp³-hybridized carbons (Fsp3) is 0.391. The van der Waals surface area contributed by atoms with E-state index in [-0.39, 0.29) is 18.9 Å². The first kappa shape index (κ1) is 20.7. The Morgan fingerprint density at radius 1 is 1.03 bits per heavy atom. The Labute approximate surface area is 171 Å². The van der Waals surface area contributed by atoms with Gasteiger partial charge in [-0.15, -0.1) is 0 Å². The summed E-state index contributed by atoms with van der Waals surface area (Å²) >= 11 is 0. The molecule has 154 valence electrons. The highest BCUT2D eigenvalue weighted by Crippen LogP contribution is 2.22. The van der Waals surface area contributed by atoms with Crippen molar-refractivity contribution in [3.8, 4) is 11.5 Å². The first-order chi connectivity index (χ1) is 13.9. The third-order valence-electron chi connectivity index (χ3n) is 5.03. The van der Waals surface area contributed by atoms with Gasteiger partial charge in [0.05, 0.1) is 5.92 Å². The maximum atomic E-state index is 11.9. The molecule has 0 saturated carbocycles. The summed E-state index contributed by atoms with van der Waals surface area (Å²) in [5, 5.41) is 9.06. The summed E-state index contributed by atoms with van der Waals surface area (Å²) in [5.41, 5.74) is 2.22. The van der Waals surface area contributed by atoms with Gasteiger partial charge in [0.25, 0.3) is 0 Å². The van der Waals surface area contributed by atoms with Gasteiger partial charge in [-0.3, -0.25) is 9.59 Å². The normalized spacial score (nSPS) is 16.3. The van der Waals surface area contributed by atoms with Gasteiger partial charge in [0.1, 0.15) is 24.7 Å². The Kier molecular flexibility index (Phi) is 6.75. The zero-order valence-corrected chi connectivity index (χ0v) is 16.8. The summed E-state index contributed by atoms with van der Waals surface area (Å²) in [7, 11) is 0. The summed E-state index contributed by atoms with van der Waals surface area (Å²) in [6.07, 6.45) is 0.0801. The molecular weight excluding hydrogens is 370 g/mol. The number of aliphatic carboxylic acids is 1. The summed E-state index contributed by atoms with van der Waals surface area (Å²) in [5.74, 6) is 0.412. The van der Waals surface area contributed by atoms with Crippen LogP contribution in [0.3, 0.4) is 0 Å². The molecule has 1 aliphatic rings. The van der Waals surface area contributed by atoms with Crippen molar-refractivity contribution in [3.05, 3.63) is 59.7 Å². The van der Waals surface area contributed by atoms with E-state index in [2.05, 4.69) is 26.0 Å². The van der Waals surface area contributed by atoms with Crippen molar-refractivity contribution in [3.63, 3.8) is 0 Å². The van der Waals surface area contributed by atoms with Crippen LogP contribution in [0, 0.1) is 5.92 Å². The van der Waals surface area contributed by atoms with Crippen LogP contribution < -0.4 is 9.47 Å². The molecule has 0 radical (unpaired) electrons. The van der Waals surface area contributed by atoms with Gasteiger partial charge < -0.3 is 19.5 Å². The number of carboxylic acids is 1. The number of ether oxygens (including phenoxy) is 2. The maximum Gasteiger partial charge on any atom is 0.308 e. The minimum Gasteiger partial charge on any atom is -0.490 e. The molecule has 0 spiro atoms. The molecule has 1 unspecified atom stereocenters. The summed E-state index contributed by atoms with van der Waals surface area (Å²) in [6, 6.07) is 15.6. The number of carboxylic acid groups (broad SMARTS) is 1. The number of amides is 1. The summed E-state index contributed by atoms with van der Waals surface area (Å²) in [6.45, 7) is 5.87. The van der Waals surface area contributed by atoms with Crippen LogP contribution in [0.1, 0.15) is 37.3 Å². The molecule has 2 aromatic carbocycles. The molecule has 2 aromatic rings. The molecule has 3 rings (SSSR count). The zero-order chi connectivity index (χ0) is 20.8. The van der Waals surface area contributed by atoms with Crippen LogP contribution in [0.2, 0.25) is 0 Å². The van der Waals surface area contributed by atoms with Crippen molar-refractivity contribution in [1.82, 2.24) is 4.90 Å². The van der Waals surface area contributed by atoms with Crippen molar-refractivity contribution in [2.75, 3.05) is 19.8 Å². The van der Waals surface area contributed by atoms with Crippen molar-refractivity contribution in [2.45, 2.75) is 32.7 Å². The van der Waals surface area contributed by atoms with Crippen molar-refractivity contribution in [2.24, 2.45) is 5.92 Å². The summed E-state index contributed by atoms with van der Waals surface area (Å²) in [4.78, 5) is 24.6. The van der Waals surface area contributed by atoms with Gasteiger partial charge in [0.2, 0.25) is 5.91 Å². The lowest BCUT2D eigenvalue weighted by Crippen LogP contribution is -2.25. The average Bonchev–Trinajstić information content (AvgIpc) is 3.07. The van der Waals surface area contributed by atoms with Crippen molar-refractivity contribution in [1.29, 1.82) is 0 Å². The molecule has 1 atom stereocenters. The van der Waals surface area contributed by atoms with Crippen LogP contribution >= 0.6 is 0 Å². The lowest BCUT2D eigenvalue weighted by atomic mass is 10.0. The molecule has 1 fully saturated rings. The molecule has 1 amide bonds. The van der Waals surface area contributed by atoms with Crippen molar-refractivity contribution < 1.29 is 24.2 Å². The third kappa shape index (κ3) is 5.73. The maximum absolute atomic E-state index is 11.9. The van der Waals surface area contributed by atoms with Crippen LogP contribution in [0.4, 0.5) is 0 Å². The predicted octanol–water partition coefficient (Wildman–Crippen LogP) is 3.70. The van der Waals surface area contributed by atoms with E-state index in [1.165, 1.54) is 5.56 Å². The zero-order valence-electron chi connectivity index (χ0n) is 16.8. The van der Waals surface area contributed by atoms with Gasteiger partial charge in [0.15, 0.2) is 0 Å². The van der Waals surface area contributed by atoms with Gasteiger partial charge in [-0.1, -0.05) is 38.1 Å². The number of hydrogen-bond donors (Lipinski definition) is 1. The highest BCUT2D eigenvalue weighted by Gasteiger charge is 2.33. The van der Waals surface area contributed by atoms with Gasteiger partial charge in [0, 0.05) is 19.5 Å². The third-order valence-corrected chi connectivity index (χ3v) is 5.03. The predicted molar refractivity (Wildman–Crippen MR) is 109 cm³/mol. The molecule has 1 N–H and O–H groups in total. The molecule has 29 heavy (non-hydrogen) atoms. The topological polar surface area (TPSA) is 76.1 Å². The minimum absolute atomic E-state index is 0.0801.